The first-order valence-electron chi connectivity index (χ1n) is 10.1. The molecule has 0 spiro atoms. The first-order chi connectivity index (χ1) is 15.3. The van der Waals surface area contributed by atoms with E-state index in [0.717, 1.165) is 11.1 Å². The normalized spacial score (nSPS) is 19.4. The van der Waals surface area contributed by atoms with Crippen LogP contribution in [-0.4, -0.2) is 23.8 Å². The zero-order chi connectivity index (χ0) is 22.9. The van der Waals surface area contributed by atoms with Gasteiger partial charge in [0.05, 0.1) is 22.6 Å². The summed E-state index contributed by atoms with van der Waals surface area (Å²) in [7, 11) is -4.11. The fourth-order valence-corrected chi connectivity index (χ4v) is 5.82. The molecule has 0 bridgehead atoms. The highest BCUT2D eigenvalue weighted by Crippen LogP contribution is 2.45. The van der Waals surface area contributed by atoms with E-state index in [1.54, 1.807) is 18.2 Å². The van der Waals surface area contributed by atoms with Gasteiger partial charge in [0, 0.05) is 0 Å². The minimum absolute atomic E-state index is 0.0560. The molecule has 3 aromatic carbocycles. The van der Waals surface area contributed by atoms with Crippen molar-refractivity contribution in [1.29, 1.82) is 0 Å². The van der Waals surface area contributed by atoms with Gasteiger partial charge in [0.25, 0.3) is 0 Å². The van der Waals surface area contributed by atoms with E-state index in [-0.39, 0.29) is 16.9 Å². The van der Waals surface area contributed by atoms with Crippen LogP contribution in [0.3, 0.4) is 0 Å². The molecule has 2 atom stereocenters. The lowest BCUT2D eigenvalue weighted by Crippen LogP contribution is -2.42. The molecule has 0 saturated carbocycles. The molecule has 5 nitrogen and oxygen atoms in total. The van der Waals surface area contributed by atoms with Crippen LogP contribution in [0.25, 0.3) is 0 Å². The van der Waals surface area contributed by atoms with Gasteiger partial charge >= 0.3 is 5.97 Å². The molecule has 0 amide bonds. The van der Waals surface area contributed by atoms with Crippen LogP contribution in [0.1, 0.15) is 35.2 Å². The van der Waals surface area contributed by atoms with E-state index in [2.05, 4.69) is 0 Å². The lowest BCUT2D eigenvalue weighted by Gasteiger charge is -2.40. The lowest BCUT2D eigenvalue weighted by atomic mass is 9.89. The molecule has 0 saturated heterocycles. The van der Waals surface area contributed by atoms with E-state index in [0.29, 0.717) is 5.56 Å². The molecule has 1 aliphatic rings. The third-order valence-electron chi connectivity index (χ3n) is 5.63. The molecule has 0 unspecified atom stereocenters. The Morgan fingerprint density at radius 1 is 0.938 bits per heavy atom. The maximum absolute atomic E-state index is 13.9. The van der Waals surface area contributed by atoms with Crippen LogP contribution in [0.2, 0.25) is 0 Å². The van der Waals surface area contributed by atoms with E-state index < -0.39 is 33.9 Å². The maximum Gasteiger partial charge on any atom is 0.333 e. The van der Waals surface area contributed by atoms with Gasteiger partial charge in [-0.2, -0.15) is 4.31 Å². The summed E-state index contributed by atoms with van der Waals surface area (Å²) in [5, 5.41) is 9.91. The molecule has 32 heavy (non-hydrogen) atoms. The van der Waals surface area contributed by atoms with Gasteiger partial charge in [-0.25, -0.2) is 17.6 Å². The number of carboxylic acids is 1. The minimum Gasteiger partial charge on any atom is -0.478 e. The first kappa shape index (κ1) is 21.9. The van der Waals surface area contributed by atoms with Crippen molar-refractivity contribution in [3.05, 3.63) is 113 Å². The standard InChI is InChI=1S/C25H22FNO4S/c1-17-7-13-21(14-8-17)32(30,31)27-23(18-5-3-2-4-6-18)16-15-22(25(28)29)24(27)19-9-11-20(26)12-10-19/h2-15,23-24H,16H2,1H3,(H,28,29)/t23-,24-/m0/s1. The lowest BCUT2D eigenvalue weighted by molar-refractivity contribution is -0.133. The van der Waals surface area contributed by atoms with Crippen molar-refractivity contribution in [1.82, 2.24) is 4.31 Å². The van der Waals surface area contributed by atoms with Gasteiger partial charge in [-0.1, -0.05) is 66.2 Å². The molecule has 0 aromatic heterocycles. The quantitative estimate of drug-likeness (QED) is 0.591. The summed E-state index contributed by atoms with van der Waals surface area (Å²) < 4.78 is 42.7. The van der Waals surface area contributed by atoms with Crippen molar-refractivity contribution in [2.75, 3.05) is 0 Å². The second-order valence-electron chi connectivity index (χ2n) is 7.73. The van der Waals surface area contributed by atoms with Gasteiger partial charge < -0.3 is 5.11 Å². The van der Waals surface area contributed by atoms with Crippen molar-refractivity contribution in [2.45, 2.75) is 30.3 Å². The molecule has 0 fully saturated rings. The van der Waals surface area contributed by atoms with Crippen molar-refractivity contribution in [3.63, 3.8) is 0 Å². The highest BCUT2D eigenvalue weighted by Gasteiger charge is 2.44. The molecule has 0 radical (unpaired) electrons. The number of halogens is 1. The highest BCUT2D eigenvalue weighted by atomic mass is 32.2. The summed E-state index contributed by atoms with van der Waals surface area (Å²) in [6.07, 6.45) is 1.77. The molecule has 7 heteroatoms. The number of nitrogens with zero attached hydrogens (tertiary/aromatic N) is 1. The molecule has 164 valence electrons. The number of carboxylic acid groups (broad SMARTS) is 1. The van der Waals surface area contributed by atoms with Gasteiger partial charge in [0.15, 0.2) is 0 Å². The van der Waals surface area contributed by atoms with Crippen LogP contribution < -0.4 is 0 Å². The SMILES string of the molecule is Cc1ccc(S(=O)(=O)N2[C@@H](c3ccc(F)cc3)C(C(=O)O)=CC[C@H]2c2ccccc2)cc1. The van der Waals surface area contributed by atoms with Crippen LogP contribution in [-0.2, 0) is 14.8 Å². The number of aliphatic carboxylic acids is 1. The minimum atomic E-state index is -4.11. The molecule has 1 heterocycles. The Kier molecular flexibility index (Phi) is 5.95. The Balaban J connectivity index is 1.96. The Morgan fingerprint density at radius 2 is 1.56 bits per heavy atom. The number of benzene rings is 3. The van der Waals surface area contributed by atoms with Crippen LogP contribution in [0.15, 0.2) is 95.4 Å². The third kappa shape index (κ3) is 4.09. The Hall–Kier alpha value is -3.29. The number of hydrogen-bond acceptors (Lipinski definition) is 3. The number of carbonyl (C=O) groups is 1. The number of aryl methyl sites for hydroxylation is 1. The van der Waals surface area contributed by atoms with Crippen molar-refractivity contribution in [2.24, 2.45) is 0 Å². The van der Waals surface area contributed by atoms with Gasteiger partial charge in [-0.05, 0) is 48.7 Å². The van der Waals surface area contributed by atoms with E-state index >= 15 is 0 Å². The number of sulfonamides is 1. The van der Waals surface area contributed by atoms with Crippen molar-refractivity contribution in [3.8, 4) is 0 Å². The van der Waals surface area contributed by atoms with Crippen LogP contribution in [0.4, 0.5) is 4.39 Å². The molecule has 3 aromatic rings. The second-order valence-corrected chi connectivity index (χ2v) is 9.57. The summed E-state index contributed by atoms with van der Waals surface area (Å²) in [5.41, 5.74) is 1.98. The summed E-state index contributed by atoms with van der Waals surface area (Å²) in [6.45, 7) is 1.86. The zero-order valence-electron chi connectivity index (χ0n) is 17.4. The fourth-order valence-electron chi connectivity index (χ4n) is 4.04. The molecule has 1 aliphatic heterocycles. The monoisotopic (exact) mass is 451 g/mol. The van der Waals surface area contributed by atoms with Crippen LogP contribution in [0, 0.1) is 12.7 Å². The molecule has 1 N–H and O–H groups in total. The smallest absolute Gasteiger partial charge is 0.333 e. The number of hydrogen-bond donors (Lipinski definition) is 1. The van der Waals surface area contributed by atoms with Crippen LogP contribution in [0.5, 0.6) is 0 Å². The van der Waals surface area contributed by atoms with Crippen molar-refractivity contribution < 1.29 is 22.7 Å². The molecular weight excluding hydrogens is 429 g/mol. The third-order valence-corrected chi connectivity index (χ3v) is 7.52. The summed E-state index contributed by atoms with van der Waals surface area (Å²) in [5.74, 6) is -1.70. The number of rotatable bonds is 5. The predicted octanol–water partition coefficient (Wildman–Crippen LogP) is 5.02. The van der Waals surface area contributed by atoms with Gasteiger partial charge in [0.1, 0.15) is 5.82 Å². The predicted molar refractivity (Wildman–Crippen MR) is 119 cm³/mol. The van der Waals surface area contributed by atoms with Gasteiger partial charge in [-0.3, -0.25) is 0 Å². The second kappa shape index (κ2) is 8.68. The van der Waals surface area contributed by atoms with E-state index in [1.807, 2.05) is 37.3 Å². The summed E-state index contributed by atoms with van der Waals surface area (Å²) in [6, 6.07) is 19.1. The van der Waals surface area contributed by atoms with E-state index in [4.69, 9.17) is 0 Å². The average molecular weight is 452 g/mol. The first-order valence-corrected chi connectivity index (χ1v) is 11.6. The summed E-state index contributed by atoms with van der Waals surface area (Å²) in [4.78, 5) is 12.2. The molecular formula is C25H22FNO4S. The Bertz CT molecular complexity index is 1250. The van der Waals surface area contributed by atoms with E-state index in [1.165, 1.54) is 40.7 Å². The van der Waals surface area contributed by atoms with E-state index in [9.17, 15) is 22.7 Å². The zero-order valence-corrected chi connectivity index (χ0v) is 18.2. The highest BCUT2D eigenvalue weighted by molar-refractivity contribution is 7.89. The Morgan fingerprint density at radius 3 is 2.16 bits per heavy atom. The average Bonchev–Trinajstić information content (AvgIpc) is 2.79. The Labute approximate surface area is 186 Å². The van der Waals surface area contributed by atoms with Gasteiger partial charge in [-0.15, -0.1) is 0 Å². The topological polar surface area (TPSA) is 74.7 Å². The molecule has 4 rings (SSSR count). The largest absolute Gasteiger partial charge is 0.478 e. The van der Waals surface area contributed by atoms with Crippen LogP contribution >= 0.6 is 0 Å². The van der Waals surface area contributed by atoms with Crippen molar-refractivity contribution >= 4 is 16.0 Å². The summed E-state index contributed by atoms with van der Waals surface area (Å²) >= 11 is 0. The van der Waals surface area contributed by atoms with Gasteiger partial charge in [0.2, 0.25) is 10.0 Å². The molecule has 0 aliphatic carbocycles. The fraction of sp³-hybridized carbons (Fsp3) is 0.160. The maximum atomic E-state index is 13.9.